The number of fused-ring (bicyclic) bond motifs is 1. The lowest BCUT2D eigenvalue weighted by atomic mass is 10.1. The lowest BCUT2D eigenvalue weighted by molar-refractivity contribution is 0.283. The van der Waals surface area contributed by atoms with E-state index in [0.717, 1.165) is 60.1 Å². The molecule has 1 N–H and O–H groups in total. The summed E-state index contributed by atoms with van der Waals surface area (Å²) in [5, 5.41) is 4.87. The lowest BCUT2D eigenvalue weighted by Gasteiger charge is -2.16. The summed E-state index contributed by atoms with van der Waals surface area (Å²) >= 11 is 0. The zero-order valence-corrected chi connectivity index (χ0v) is 28.4. The van der Waals surface area contributed by atoms with Crippen molar-refractivity contribution >= 4 is 10.9 Å². The van der Waals surface area contributed by atoms with Gasteiger partial charge >= 0.3 is 0 Å². The van der Waals surface area contributed by atoms with E-state index in [1.54, 1.807) is 0 Å². The highest BCUT2D eigenvalue weighted by atomic mass is 16.5. The molecule has 2 heterocycles. The highest BCUT2D eigenvalue weighted by Gasteiger charge is 2.18. The number of hydrogen-bond donors (Lipinski definition) is 1. The Labute approximate surface area is 290 Å². The number of benzene rings is 5. The second-order valence-corrected chi connectivity index (χ2v) is 13.1. The number of nitrogens with one attached hydrogen (secondary N) is 1. The van der Waals surface area contributed by atoms with E-state index in [1.807, 2.05) is 36.4 Å². The Hall–Kier alpha value is -5.00. The maximum Gasteiger partial charge on any atom is 0.120 e. The molecule has 0 bridgehead atoms. The normalized spacial score (nSPS) is 14.8. The van der Waals surface area contributed by atoms with Crippen LogP contribution in [-0.4, -0.2) is 23.8 Å². The third-order valence-electron chi connectivity index (χ3n) is 9.57. The van der Waals surface area contributed by atoms with Crippen LogP contribution in [0.4, 0.5) is 0 Å². The molecule has 1 aliphatic rings. The lowest BCUT2D eigenvalue weighted by Crippen LogP contribution is -2.29. The molecule has 0 radical (unpaired) electrons. The van der Waals surface area contributed by atoms with Gasteiger partial charge in [-0.1, -0.05) is 85.6 Å². The minimum Gasteiger partial charge on any atom is -0.494 e. The Bertz CT molecular complexity index is 1910. The first-order valence-electron chi connectivity index (χ1n) is 17.7. The fraction of sp³-hybridized carbons (Fsp3) is 0.273. The van der Waals surface area contributed by atoms with E-state index in [4.69, 9.17) is 14.2 Å². The van der Waals surface area contributed by atoms with Crippen molar-refractivity contribution in [1.82, 2.24) is 9.88 Å². The number of ether oxygens (including phenoxy) is 3. The van der Waals surface area contributed by atoms with Crippen molar-refractivity contribution in [2.75, 3.05) is 13.2 Å². The zero-order valence-electron chi connectivity index (χ0n) is 28.4. The molecule has 0 aliphatic carbocycles. The van der Waals surface area contributed by atoms with E-state index < -0.39 is 0 Å². The molecule has 1 saturated heterocycles. The maximum atomic E-state index is 6.25. The summed E-state index contributed by atoms with van der Waals surface area (Å²) in [5.74, 6) is 2.65. The molecule has 5 aromatic carbocycles. The van der Waals surface area contributed by atoms with E-state index >= 15 is 0 Å². The molecule has 7 rings (SSSR count). The third kappa shape index (κ3) is 8.36. The predicted octanol–water partition coefficient (Wildman–Crippen LogP) is 10.1. The molecule has 1 fully saturated rings. The van der Waals surface area contributed by atoms with Crippen LogP contribution in [0.5, 0.6) is 17.2 Å². The number of aryl methyl sites for hydroxylation is 1. The van der Waals surface area contributed by atoms with E-state index in [9.17, 15) is 0 Å². The van der Waals surface area contributed by atoms with Crippen molar-refractivity contribution in [3.8, 4) is 28.5 Å². The average molecular weight is 651 g/mol. The van der Waals surface area contributed by atoms with E-state index in [1.165, 1.54) is 53.4 Å². The first-order valence-corrected chi connectivity index (χ1v) is 17.7. The number of nitrogens with zero attached hydrogens (tertiary/aromatic N) is 1. The van der Waals surface area contributed by atoms with Gasteiger partial charge in [-0.3, -0.25) is 0 Å². The van der Waals surface area contributed by atoms with Crippen molar-refractivity contribution < 1.29 is 14.2 Å². The van der Waals surface area contributed by atoms with Crippen LogP contribution in [0.15, 0.2) is 127 Å². The van der Waals surface area contributed by atoms with Gasteiger partial charge in [-0.2, -0.15) is 0 Å². The first kappa shape index (κ1) is 32.5. The quantitative estimate of drug-likeness (QED) is 0.135. The molecule has 1 aliphatic heterocycles. The molecule has 5 nitrogen and oxygen atoms in total. The van der Waals surface area contributed by atoms with Crippen LogP contribution in [0.1, 0.15) is 54.4 Å². The summed E-state index contributed by atoms with van der Waals surface area (Å²) in [6.07, 6.45) is 6.23. The zero-order chi connectivity index (χ0) is 33.3. The number of rotatable bonds is 13. The van der Waals surface area contributed by atoms with Gasteiger partial charge in [0.2, 0.25) is 0 Å². The third-order valence-corrected chi connectivity index (χ3v) is 9.57. The second-order valence-electron chi connectivity index (χ2n) is 13.1. The van der Waals surface area contributed by atoms with Crippen molar-refractivity contribution in [3.05, 3.63) is 150 Å². The molecule has 0 spiro atoms. The van der Waals surface area contributed by atoms with E-state index in [0.29, 0.717) is 19.3 Å². The highest BCUT2D eigenvalue weighted by Crippen LogP contribution is 2.37. The predicted molar refractivity (Wildman–Crippen MR) is 200 cm³/mol. The van der Waals surface area contributed by atoms with Crippen LogP contribution >= 0.6 is 0 Å². The molecule has 1 unspecified atom stereocenters. The fourth-order valence-corrected chi connectivity index (χ4v) is 6.86. The van der Waals surface area contributed by atoms with Gasteiger partial charge in [0.15, 0.2) is 0 Å². The minimum absolute atomic E-state index is 0.537. The first-order chi connectivity index (χ1) is 24.2. The van der Waals surface area contributed by atoms with E-state index in [2.05, 4.69) is 108 Å². The molecule has 1 aromatic heterocycles. The van der Waals surface area contributed by atoms with Crippen LogP contribution in [0, 0.1) is 6.92 Å². The number of hydrogen-bond acceptors (Lipinski definition) is 4. The van der Waals surface area contributed by atoms with Gasteiger partial charge in [-0.05, 0) is 115 Å². The number of aromatic nitrogens is 1. The van der Waals surface area contributed by atoms with Gasteiger partial charge < -0.3 is 24.1 Å². The van der Waals surface area contributed by atoms with Crippen LogP contribution < -0.4 is 19.5 Å². The molecular weight excluding hydrogens is 604 g/mol. The summed E-state index contributed by atoms with van der Waals surface area (Å²) < 4.78 is 21.0. The molecule has 0 amide bonds. The maximum absolute atomic E-state index is 6.25. The van der Waals surface area contributed by atoms with Crippen LogP contribution in [-0.2, 0) is 19.8 Å². The van der Waals surface area contributed by atoms with Crippen LogP contribution in [0.2, 0.25) is 0 Å². The van der Waals surface area contributed by atoms with Gasteiger partial charge in [0.05, 0.1) is 12.3 Å². The van der Waals surface area contributed by atoms with Crippen molar-refractivity contribution in [2.24, 2.45) is 0 Å². The molecule has 49 heavy (non-hydrogen) atoms. The van der Waals surface area contributed by atoms with Crippen molar-refractivity contribution in [3.63, 3.8) is 0 Å². The Balaban J connectivity index is 1.12. The second kappa shape index (κ2) is 15.9. The Morgan fingerprint density at radius 1 is 0.633 bits per heavy atom. The smallest absolute Gasteiger partial charge is 0.120 e. The van der Waals surface area contributed by atoms with Gasteiger partial charge in [0.1, 0.15) is 30.5 Å². The molecule has 250 valence electrons. The molecular formula is C44H46N2O3. The standard InChI is InChI=1S/C44H46N2O3/c1-33-42-29-41(49-32-36-13-7-3-8-14-36)24-25-43(42)46(44(33)37-18-22-40(23-19-37)48-31-35-11-5-2-6-12-35)30-34-16-20-39(21-17-34)47-28-26-38-15-9-4-10-27-45-38/h2-3,5-8,11-14,16-25,29,38,45H,4,9-10,15,26-28,30-32H2,1H3. The summed E-state index contributed by atoms with van der Waals surface area (Å²) in [4.78, 5) is 0. The molecule has 0 saturated carbocycles. The molecule has 5 heteroatoms. The topological polar surface area (TPSA) is 44.7 Å². The van der Waals surface area contributed by atoms with Crippen molar-refractivity contribution in [1.29, 1.82) is 0 Å². The van der Waals surface area contributed by atoms with E-state index in [-0.39, 0.29) is 0 Å². The summed E-state index contributed by atoms with van der Waals surface area (Å²) in [6.45, 7) is 5.90. The van der Waals surface area contributed by atoms with Crippen molar-refractivity contribution in [2.45, 2.75) is 64.8 Å². The molecule has 1 atom stereocenters. The Morgan fingerprint density at radius 2 is 1.27 bits per heavy atom. The summed E-state index contributed by atoms with van der Waals surface area (Å²) in [6, 6.07) is 44.7. The Morgan fingerprint density at radius 3 is 1.98 bits per heavy atom. The van der Waals surface area contributed by atoms with Gasteiger partial charge in [-0.15, -0.1) is 0 Å². The summed E-state index contributed by atoms with van der Waals surface area (Å²) in [5.41, 5.74) is 8.29. The van der Waals surface area contributed by atoms with Gasteiger partial charge in [0.25, 0.3) is 0 Å². The fourth-order valence-electron chi connectivity index (χ4n) is 6.86. The highest BCUT2D eigenvalue weighted by molar-refractivity contribution is 5.92. The Kier molecular flexibility index (Phi) is 10.6. The monoisotopic (exact) mass is 650 g/mol. The minimum atomic E-state index is 0.537. The van der Waals surface area contributed by atoms with Crippen LogP contribution in [0.25, 0.3) is 22.2 Å². The van der Waals surface area contributed by atoms with Gasteiger partial charge in [0, 0.05) is 23.5 Å². The summed E-state index contributed by atoms with van der Waals surface area (Å²) in [7, 11) is 0. The van der Waals surface area contributed by atoms with Crippen LogP contribution in [0.3, 0.4) is 0 Å². The molecule has 6 aromatic rings. The average Bonchev–Trinajstić information content (AvgIpc) is 3.28. The largest absolute Gasteiger partial charge is 0.494 e. The SMILES string of the molecule is Cc1c(-c2ccc(OCc3ccccc3)cc2)n(Cc2ccc(OCCC3CCCCCN3)cc2)c2ccc(OCc3ccccc3)cc12. The van der Waals surface area contributed by atoms with Gasteiger partial charge in [-0.25, -0.2) is 0 Å².